The van der Waals surface area contributed by atoms with E-state index >= 15 is 0 Å². The van der Waals surface area contributed by atoms with Crippen molar-refractivity contribution in [3.05, 3.63) is 29.3 Å². The number of hydrogen-bond acceptors (Lipinski definition) is 3. The van der Waals surface area contributed by atoms with E-state index in [1.165, 1.54) is 0 Å². The second-order valence-electron chi connectivity index (χ2n) is 4.13. The van der Waals surface area contributed by atoms with Crippen molar-refractivity contribution in [2.24, 2.45) is 0 Å². The van der Waals surface area contributed by atoms with E-state index in [4.69, 9.17) is 16.7 Å². The van der Waals surface area contributed by atoms with Crippen molar-refractivity contribution in [3.8, 4) is 0 Å². The maximum Gasteiger partial charge on any atom is 0.328 e. The third-order valence-electron chi connectivity index (χ3n) is 2.84. The minimum atomic E-state index is -1.02. The molecule has 1 aliphatic rings. The molecule has 5 nitrogen and oxygen atoms in total. The molecule has 6 heteroatoms. The van der Waals surface area contributed by atoms with Crippen LogP contribution in [0.2, 0.25) is 5.02 Å². The van der Waals surface area contributed by atoms with Crippen LogP contribution in [0.5, 0.6) is 0 Å². The van der Waals surface area contributed by atoms with Gasteiger partial charge in [-0.3, -0.25) is 4.79 Å². The zero-order valence-corrected chi connectivity index (χ0v) is 10.4. The molecule has 0 aliphatic carbocycles. The van der Waals surface area contributed by atoms with E-state index in [1.54, 1.807) is 12.1 Å². The second-order valence-corrected chi connectivity index (χ2v) is 4.57. The fourth-order valence-electron chi connectivity index (χ4n) is 1.89. The van der Waals surface area contributed by atoms with E-state index in [0.717, 1.165) is 5.69 Å². The van der Waals surface area contributed by atoms with E-state index < -0.39 is 12.0 Å². The number of hydrogen-bond donors (Lipinski definition) is 2. The van der Waals surface area contributed by atoms with Gasteiger partial charge in [-0.1, -0.05) is 11.6 Å². The number of carboxylic acid groups (broad SMARTS) is 1. The highest BCUT2D eigenvalue weighted by atomic mass is 35.5. The van der Waals surface area contributed by atoms with Gasteiger partial charge in [0.1, 0.15) is 6.04 Å². The van der Waals surface area contributed by atoms with Crippen LogP contribution < -0.4 is 10.2 Å². The molecule has 0 radical (unpaired) electrons. The van der Waals surface area contributed by atoms with E-state index in [-0.39, 0.29) is 18.9 Å². The van der Waals surface area contributed by atoms with Gasteiger partial charge in [-0.2, -0.15) is 0 Å². The number of rotatable bonds is 2. The fraction of sp³-hybridized carbons (Fsp3) is 0.333. The number of halogens is 1. The predicted octanol–water partition coefficient (Wildman–Crippen LogP) is 1.12. The number of aliphatic carboxylic acids is 1. The van der Waals surface area contributed by atoms with Crippen molar-refractivity contribution in [1.29, 1.82) is 0 Å². The minimum Gasteiger partial charge on any atom is -0.480 e. The monoisotopic (exact) mass is 268 g/mol. The summed E-state index contributed by atoms with van der Waals surface area (Å²) in [5, 5.41) is 12.1. The van der Waals surface area contributed by atoms with Crippen molar-refractivity contribution < 1.29 is 14.7 Å². The maximum absolute atomic E-state index is 11.4. The van der Waals surface area contributed by atoms with Gasteiger partial charge in [-0.15, -0.1) is 0 Å². The van der Waals surface area contributed by atoms with Gasteiger partial charge < -0.3 is 15.3 Å². The zero-order chi connectivity index (χ0) is 13.1. The summed E-state index contributed by atoms with van der Waals surface area (Å²) in [5.74, 6) is -1.26. The topological polar surface area (TPSA) is 69.6 Å². The fourth-order valence-corrected chi connectivity index (χ4v) is 2.01. The Morgan fingerprint density at radius 1 is 1.39 bits per heavy atom. The number of carboxylic acids is 1. The van der Waals surface area contributed by atoms with Crippen molar-refractivity contribution in [3.63, 3.8) is 0 Å². The van der Waals surface area contributed by atoms with Crippen molar-refractivity contribution in [2.75, 3.05) is 18.0 Å². The molecule has 1 saturated heterocycles. The Hall–Kier alpha value is -1.75. The Kier molecular flexibility index (Phi) is 3.72. The van der Waals surface area contributed by atoms with Gasteiger partial charge in [0.05, 0.1) is 0 Å². The molecule has 1 unspecified atom stereocenters. The molecular weight excluding hydrogens is 256 g/mol. The highest BCUT2D eigenvalue weighted by Gasteiger charge is 2.26. The van der Waals surface area contributed by atoms with Crippen molar-refractivity contribution >= 4 is 29.2 Å². The van der Waals surface area contributed by atoms with E-state index in [0.29, 0.717) is 11.6 Å². The number of nitrogens with zero attached hydrogens (tertiary/aromatic N) is 1. The maximum atomic E-state index is 11.4. The van der Waals surface area contributed by atoms with Crippen LogP contribution in [0.3, 0.4) is 0 Å². The van der Waals surface area contributed by atoms with Gasteiger partial charge in [-0.25, -0.2) is 4.79 Å². The van der Waals surface area contributed by atoms with Crippen LogP contribution >= 0.6 is 11.6 Å². The highest BCUT2D eigenvalue weighted by molar-refractivity contribution is 6.30. The first-order valence-corrected chi connectivity index (χ1v) is 5.97. The molecule has 0 saturated carbocycles. The summed E-state index contributed by atoms with van der Waals surface area (Å²) in [6.45, 7) is 0.750. The molecule has 1 atom stereocenters. The van der Waals surface area contributed by atoms with E-state index in [9.17, 15) is 9.59 Å². The third-order valence-corrected chi connectivity index (χ3v) is 3.09. The summed E-state index contributed by atoms with van der Waals surface area (Å²) < 4.78 is 0. The Bertz CT molecular complexity index is 461. The summed E-state index contributed by atoms with van der Waals surface area (Å²) >= 11 is 5.81. The third kappa shape index (κ3) is 2.92. The lowest BCUT2D eigenvalue weighted by Gasteiger charge is -2.24. The van der Waals surface area contributed by atoms with Crippen LogP contribution in [0.25, 0.3) is 0 Å². The lowest BCUT2D eigenvalue weighted by molar-refractivity contribution is -0.141. The Morgan fingerprint density at radius 2 is 2.06 bits per heavy atom. The molecule has 0 aromatic heterocycles. The van der Waals surface area contributed by atoms with Gasteiger partial charge in [0, 0.05) is 30.2 Å². The van der Waals surface area contributed by atoms with Crippen LogP contribution in [0.4, 0.5) is 5.69 Å². The quantitative estimate of drug-likeness (QED) is 0.843. The molecule has 18 heavy (non-hydrogen) atoms. The average molecular weight is 269 g/mol. The number of anilines is 1. The first-order valence-electron chi connectivity index (χ1n) is 5.59. The van der Waals surface area contributed by atoms with Crippen LogP contribution in [-0.2, 0) is 9.59 Å². The molecule has 1 aliphatic heterocycles. The zero-order valence-electron chi connectivity index (χ0n) is 9.60. The standard InChI is InChI=1S/C12H13ClN2O3/c13-8-1-3-9(4-2-8)15-6-5-11(16)14-10(7-15)12(17)18/h1-4,10H,5-7H2,(H,14,16)(H,17,18). The molecule has 1 amide bonds. The molecule has 96 valence electrons. The smallest absolute Gasteiger partial charge is 0.328 e. The predicted molar refractivity (Wildman–Crippen MR) is 67.8 cm³/mol. The Labute approximate surface area is 109 Å². The number of carbonyl (C=O) groups excluding carboxylic acids is 1. The van der Waals surface area contributed by atoms with Crippen LogP contribution in [0, 0.1) is 0 Å². The molecule has 1 aromatic carbocycles. The number of amides is 1. The summed E-state index contributed by atoms with van der Waals surface area (Å²) in [6, 6.07) is 6.24. The molecule has 1 fully saturated rings. The molecule has 2 rings (SSSR count). The van der Waals surface area contributed by atoms with Crippen molar-refractivity contribution in [2.45, 2.75) is 12.5 Å². The summed E-state index contributed by atoms with van der Waals surface area (Å²) in [7, 11) is 0. The summed E-state index contributed by atoms with van der Waals surface area (Å²) in [4.78, 5) is 24.3. The molecule has 2 N–H and O–H groups in total. The molecular formula is C12H13ClN2O3. The second kappa shape index (κ2) is 5.27. The van der Waals surface area contributed by atoms with Crippen LogP contribution in [-0.4, -0.2) is 36.1 Å². The van der Waals surface area contributed by atoms with Crippen LogP contribution in [0.15, 0.2) is 24.3 Å². The van der Waals surface area contributed by atoms with Crippen molar-refractivity contribution in [1.82, 2.24) is 5.32 Å². The van der Waals surface area contributed by atoms with E-state index in [2.05, 4.69) is 5.32 Å². The van der Waals surface area contributed by atoms with Crippen LogP contribution in [0.1, 0.15) is 6.42 Å². The molecule has 0 bridgehead atoms. The largest absolute Gasteiger partial charge is 0.480 e. The first kappa shape index (κ1) is 12.7. The summed E-state index contributed by atoms with van der Waals surface area (Å²) in [6.07, 6.45) is 0.284. The van der Waals surface area contributed by atoms with Gasteiger partial charge in [0.2, 0.25) is 5.91 Å². The minimum absolute atomic E-state index is 0.237. The van der Waals surface area contributed by atoms with Gasteiger partial charge in [0.15, 0.2) is 0 Å². The Morgan fingerprint density at radius 3 is 2.67 bits per heavy atom. The molecule has 1 aromatic rings. The SMILES string of the molecule is O=C1CCN(c2ccc(Cl)cc2)CC(C(=O)O)N1. The highest BCUT2D eigenvalue weighted by Crippen LogP contribution is 2.19. The summed E-state index contributed by atoms with van der Waals surface area (Å²) in [5.41, 5.74) is 0.863. The Balaban J connectivity index is 2.19. The van der Waals surface area contributed by atoms with Gasteiger partial charge >= 0.3 is 5.97 Å². The van der Waals surface area contributed by atoms with Gasteiger partial charge in [0.25, 0.3) is 0 Å². The molecule has 0 spiro atoms. The number of nitrogens with one attached hydrogen (secondary N) is 1. The van der Waals surface area contributed by atoms with E-state index in [1.807, 2.05) is 17.0 Å². The first-order chi connectivity index (χ1) is 8.56. The number of benzene rings is 1. The lowest BCUT2D eigenvalue weighted by Crippen LogP contribution is -2.45. The molecule has 1 heterocycles. The number of carbonyl (C=O) groups is 2. The van der Waals surface area contributed by atoms with Gasteiger partial charge in [-0.05, 0) is 24.3 Å². The lowest BCUT2D eigenvalue weighted by atomic mass is 10.2. The normalized spacial score (nSPS) is 20.2. The average Bonchev–Trinajstić information content (AvgIpc) is 2.52.